The molecule has 2 atom stereocenters. The second kappa shape index (κ2) is 10.9. The summed E-state index contributed by atoms with van der Waals surface area (Å²) in [5, 5.41) is 21.6. The Balaban J connectivity index is 4.27. The van der Waals surface area contributed by atoms with Gasteiger partial charge in [-0.15, -0.1) is 0 Å². The molecule has 6 heteroatoms. The number of carbonyl (C=O) groups excluding carboxylic acids is 1. The lowest BCUT2D eigenvalue weighted by atomic mass is 10.3. The van der Waals surface area contributed by atoms with Crippen LogP contribution in [-0.2, 0) is 14.3 Å². The van der Waals surface area contributed by atoms with Crippen molar-refractivity contribution < 1.29 is 24.5 Å². The van der Waals surface area contributed by atoms with Gasteiger partial charge in [0.15, 0.2) is 18.9 Å². The van der Waals surface area contributed by atoms with Gasteiger partial charge in [0.05, 0.1) is 6.54 Å². The van der Waals surface area contributed by atoms with E-state index in [0.717, 1.165) is 18.9 Å². The minimum atomic E-state index is -0.982. The molecule has 0 aromatic heterocycles. The number of ether oxygens (including phenoxy) is 2. The standard InChI is InChI=1S/C13H25NO5/c1-4-7-11(16)18-13(9-14-10(15)6-3)19-12(17)8-5-2/h6,11-13,16-17H,3-5,7-9H2,1-2H3,(H,14,15). The highest BCUT2D eigenvalue weighted by atomic mass is 16.8. The van der Waals surface area contributed by atoms with E-state index < -0.39 is 18.9 Å². The SMILES string of the molecule is C=CC(=O)NCC(OC(O)CCC)OC(O)CCC. The maximum atomic E-state index is 11.1. The van der Waals surface area contributed by atoms with Gasteiger partial charge in [0.2, 0.25) is 5.91 Å². The first-order valence-corrected chi connectivity index (χ1v) is 6.60. The van der Waals surface area contributed by atoms with Crippen LogP contribution in [0.15, 0.2) is 12.7 Å². The van der Waals surface area contributed by atoms with Crippen molar-refractivity contribution in [3.8, 4) is 0 Å². The van der Waals surface area contributed by atoms with Gasteiger partial charge in [-0.1, -0.05) is 33.3 Å². The number of aliphatic hydroxyl groups excluding tert-OH is 2. The first-order chi connectivity index (χ1) is 9.03. The topological polar surface area (TPSA) is 88.0 Å². The number of hydrogen-bond donors (Lipinski definition) is 3. The van der Waals surface area contributed by atoms with Crippen molar-refractivity contribution in [3.63, 3.8) is 0 Å². The Labute approximate surface area is 114 Å². The number of carbonyl (C=O) groups is 1. The van der Waals surface area contributed by atoms with Crippen molar-refractivity contribution in [3.05, 3.63) is 12.7 Å². The van der Waals surface area contributed by atoms with E-state index in [4.69, 9.17) is 9.47 Å². The molecule has 0 aliphatic rings. The van der Waals surface area contributed by atoms with Gasteiger partial charge in [0.1, 0.15) is 0 Å². The summed E-state index contributed by atoms with van der Waals surface area (Å²) in [6, 6.07) is 0. The van der Waals surface area contributed by atoms with Crippen molar-refractivity contribution in [1.29, 1.82) is 0 Å². The van der Waals surface area contributed by atoms with Crippen LogP contribution in [0.3, 0.4) is 0 Å². The third-order valence-corrected chi connectivity index (χ3v) is 2.32. The third-order valence-electron chi connectivity index (χ3n) is 2.32. The minimum Gasteiger partial charge on any atom is -0.368 e. The molecule has 0 bridgehead atoms. The summed E-state index contributed by atoms with van der Waals surface area (Å²) >= 11 is 0. The quantitative estimate of drug-likeness (QED) is 0.385. The monoisotopic (exact) mass is 275 g/mol. The maximum absolute atomic E-state index is 11.1. The second-order valence-electron chi connectivity index (χ2n) is 4.14. The number of hydrogen-bond acceptors (Lipinski definition) is 5. The van der Waals surface area contributed by atoms with Crippen molar-refractivity contribution in [2.45, 2.75) is 58.4 Å². The molecular weight excluding hydrogens is 250 g/mol. The smallest absolute Gasteiger partial charge is 0.243 e. The molecule has 19 heavy (non-hydrogen) atoms. The molecule has 0 saturated heterocycles. The fourth-order valence-electron chi connectivity index (χ4n) is 1.36. The zero-order chi connectivity index (χ0) is 14.7. The molecule has 0 aliphatic heterocycles. The average molecular weight is 275 g/mol. The van der Waals surface area contributed by atoms with E-state index in [-0.39, 0.29) is 12.5 Å². The summed E-state index contributed by atoms with van der Waals surface area (Å²) in [6.45, 7) is 7.18. The van der Waals surface area contributed by atoms with Crippen molar-refractivity contribution >= 4 is 5.91 Å². The molecule has 112 valence electrons. The normalized spacial score (nSPS) is 15.6. The summed E-state index contributed by atoms with van der Waals surface area (Å²) in [6.07, 6.45) is 0.690. The molecule has 0 rings (SSSR count). The van der Waals surface area contributed by atoms with Gasteiger partial charge in [0, 0.05) is 0 Å². The van der Waals surface area contributed by atoms with E-state index in [0.29, 0.717) is 12.8 Å². The van der Waals surface area contributed by atoms with Crippen LogP contribution >= 0.6 is 0 Å². The summed E-state index contributed by atoms with van der Waals surface area (Å²) < 4.78 is 10.5. The number of amides is 1. The van der Waals surface area contributed by atoms with Crippen LogP contribution in [0.25, 0.3) is 0 Å². The Morgan fingerprint density at radius 3 is 2.05 bits per heavy atom. The lowest BCUT2D eigenvalue weighted by Crippen LogP contribution is -2.39. The molecule has 6 nitrogen and oxygen atoms in total. The number of nitrogens with one attached hydrogen (secondary N) is 1. The van der Waals surface area contributed by atoms with Crippen LogP contribution in [0.4, 0.5) is 0 Å². The Morgan fingerprint density at radius 2 is 1.68 bits per heavy atom. The van der Waals surface area contributed by atoms with Gasteiger partial charge < -0.3 is 25.0 Å². The molecule has 0 spiro atoms. The number of rotatable bonds is 11. The Hall–Kier alpha value is -0.950. The minimum absolute atomic E-state index is 0.0341. The van der Waals surface area contributed by atoms with Crippen molar-refractivity contribution in [2.75, 3.05) is 6.54 Å². The van der Waals surface area contributed by atoms with Crippen LogP contribution in [0, 0.1) is 0 Å². The zero-order valence-electron chi connectivity index (χ0n) is 11.7. The lowest BCUT2D eigenvalue weighted by molar-refractivity contribution is -0.275. The fourth-order valence-corrected chi connectivity index (χ4v) is 1.36. The highest BCUT2D eigenvalue weighted by molar-refractivity contribution is 5.86. The molecule has 0 radical (unpaired) electrons. The first kappa shape index (κ1) is 18.0. The molecule has 3 N–H and O–H groups in total. The first-order valence-electron chi connectivity index (χ1n) is 6.60. The molecule has 2 unspecified atom stereocenters. The van der Waals surface area contributed by atoms with E-state index in [1.54, 1.807) is 0 Å². The van der Waals surface area contributed by atoms with Crippen molar-refractivity contribution in [2.24, 2.45) is 0 Å². The number of aliphatic hydroxyl groups is 2. The average Bonchev–Trinajstić information content (AvgIpc) is 2.36. The van der Waals surface area contributed by atoms with E-state index in [2.05, 4.69) is 11.9 Å². The van der Waals surface area contributed by atoms with Crippen LogP contribution in [-0.4, -0.2) is 41.5 Å². The summed E-state index contributed by atoms with van der Waals surface area (Å²) in [4.78, 5) is 11.1. The van der Waals surface area contributed by atoms with E-state index in [1.807, 2.05) is 13.8 Å². The largest absolute Gasteiger partial charge is 0.368 e. The fraction of sp³-hybridized carbons (Fsp3) is 0.769. The van der Waals surface area contributed by atoms with Gasteiger partial charge in [-0.2, -0.15) is 0 Å². The second-order valence-corrected chi connectivity index (χ2v) is 4.14. The van der Waals surface area contributed by atoms with E-state index >= 15 is 0 Å². The summed E-state index contributed by atoms with van der Waals surface area (Å²) in [5.41, 5.74) is 0. The van der Waals surface area contributed by atoms with Crippen LogP contribution in [0.2, 0.25) is 0 Å². The van der Waals surface area contributed by atoms with Crippen LogP contribution in [0.5, 0.6) is 0 Å². The molecule has 0 saturated carbocycles. The lowest BCUT2D eigenvalue weighted by Gasteiger charge is -2.24. The van der Waals surface area contributed by atoms with Gasteiger partial charge in [-0.3, -0.25) is 4.79 Å². The third kappa shape index (κ3) is 9.61. The van der Waals surface area contributed by atoms with Gasteiger partial charge >= 0.3 is 0 Å². The Morgan fingerprint density at radius 1 is 1.21 bits per heavy atom. The van der Waals surface area contributed by atoms with E-state index in [9.17, 15) is 15.0 Å². The molecule has 0 aromatic carbocycles. The predicted molar refractivity (Wildman–Crippen MR) is 71.0 cm³/mol. The molecular formula is C13H25NO5. The zero-order valence-corrected chi connectivity index (χ0v) is 11.7. The van der Waals surface area contributed by atoms with Gasteiger partial charge in [0.25, 0.3) is 0 Å². The van der Waals surface area contributed by atoms with E-state index in [1.165, 1.54) is 0 Å². The highest BCUT2D eigenvalue weighted by Gasteiger charge is 2.18. The molecule has 0 aromatic rings. The molecule has 0 aliphatic carbocycles. The summed E-state index contributed by atoms with van der Waals surface area (Å²) in [7, 11) is 0. The van der Waals surface area contributed by atoms with Crippen LogP contribution < -0.4 is 5.32 Å². The molecule has 1 amide bonds. The highest BCUT2D eigenvalue weighted by Crippen LogP contribution is 2.08. The Kier molecular flexibility index (Phi) is 10.4. The maximum Gasteiger partial charge on any atom is 0.243 e. The van der Waals surface area contributed by atoms with Gasteiger partial charge in [-0.25, -0.2) is 0 Å². The van der Waals surface area contributed by atoms with Crippen LogP contribution in [0.1, 0.15) is 39.5 Å². The molecule has 0 heterocycles. The van der Waals surface area contributed by atoms with Gasteiger partial charge in [-0.05, 0) is 18.9 Å². The predicted octanol–water partition coefficient (Wildman–Crippen LogP) is 0.885. The Bertz CT molecular complexity index is 245. The molecule has 0 fully saturated rings. The van der Waals surface area contributed by atoms with Crippen molar-refractivity contribution in [1.82, 2.24) is 5.32 Å². The summed E-state index contributed by atoms with van der Waals surface area (Å²) in [5.74, 6) is -0.368.